The zero-order valence-electron chi connectivity index (χ0n) is 42.2. The summed E-state index contributed by atoms with van der Waals surface area (Å²) in [6, 6.07) is 24.3. The molecule has 5 N–H and O–H groups in total. The van der Waals surface area contributed by atoms with Crippen LogP contribution in [0.2, 0.25) is 5.02 Å². The van der Waals surface area contributed by atoms with Crippen molar-refractivity contribution in [3.05, 3.63) is 136 Å². The SMILES string of the molecule is C=C(CN1CCC[C@@H](n2nc(-c3ccc(Oc4ccccc4)cc3)c3c(N)ncnc32)C1)C(=O)NCCNC(=O)CCOCCOCCNC(=O)C[C@H]1N=C(c2ccc(Cl)cc2)c2c(sc(C)c2C)-n2c(C)nnc21. The summed E-state index contributed by atoms with van der Waals surface area (Å²) >= 11 is 7.89. The number of thiophene rings is 1. The second-order valence-corrected chi connectivity index (χ2v) is 20.0. The second-order valence-electron chi connectivity index (χ2n) is 18.4. The summed E-state index contributed by atoms with van der Waals surface area (Å²) in [5.41, 5.74) is 12.9. The third-order valence-corrected chi connectivity index (χ3v) is 14.5. The van der Waals surface area contributed by atoms with Crippen molar-refractivity contribution in [3.63, 3.8) is 0 Å². The fourth-order valence-corrected chi connectivity index (χ4v) is 10.5. The summed E-state index contributed by atoms with van der Waals surface area (Å²) in [7, 11) is 0. The van der Waals surface area contributed by atoms with Gasteiger partial charge in [-0.05, 0) is 94.3 Å². The number of nitrogens with zero attached hydrogens (tertiary/aromatic N) is 9. The summed E-state index contributed by atoms with van der Waals surface area (Å²) in [5.74, 6) is 2.45. The Bertz CT molecular complexity index is 3190. The molecule has 21 heteroatoms. The number of ether oxygens (including phenoxy) is 3. The van der Waals surface area contributed by atoms with Crippen LogP contribution in [0.4, 0.5) is 5.82 Å². The molecule has 2 aliphatic rings. The number of anilines is 1. The number of nitrogens with two attached hydrogens (primary N) is 1. The van der Waals surface area contributed by atoms with E-state index in [-0.39, 0.29) is 69.5 Å². The first-order valence-corrected chi connectivity index (χ1v) is 26.2. The van der Waals surface area contributed by atoms with Gasteiger partial charge in [0, 0.05) is 71.3 Å². The summed E-state index contributed by atoms with van der Waals surface area (Å²) in [5, 5.41) is 24.8. The van der Waals surface area contributed by atoms with E-state index in [1.54, 1.807) is 11.3 Å². The molecule has 3 aromatic carbocycles. The molecule has 1 saturated heterocycles. The molecule has 0 unspecified atom stereocenters. The molecule has 0 spiro atoms. The van der Waals surface area contributed by atoms with Crippen LogP contribution >= 0.6 is 22.9 Å². The lowest BCUT2D eigenvalue weighted by molar-refractivity contribution is -0.123. The number of aryl methyl sites for hydroxylation is 2. The van der Waals surface area contributed by atoms with Crippen molar-refractivity contribution in [3.8, 4) is 27.8 Å². The molecular formula is C54H60ClN13O6S. The smallest absolute Gasteiger partial charge is 0.247 e. The van der Waals surface area contributed by atoms with E-state index in [0.717, 1.165) is 63.9 Å². The number of rotatable bonds is 22. The summed E-state index contributed by atoms with van der Waals surface area (Å²) in [6.07, 6.45) is 3.44. The molecule has 2 aliphatic heterocycles. The maximum atomic E-state index is 13.3. The molecule has 75 heavy (non-hydrogen) atoms. The van der Waals surface area contributed by atoms with Gasteiger partial charge in [-0.3, -0.25) is 28.8 Å². The van der Waals surface area contributed by atoms with Crippen molar-refractivity contribution >= 4 is 63.2 Å². The highest BCUT2D eigenvalue weighted by atomic mass is 35.5. The molecule has 3 amide bonds. The lowest BCUT2D eigenvalue weighted by Gasteiger charge is -2.33. The fraction of sp³-hybridized carbons (Fsp3) is 0.352. The summed E-state index contributed by atoms with van der Waals surface area (Å²) in [4.78, 5) is 56.2. The number of fused-ring (bicyclic) bond motifs is 4. The predicted molar refractivity (Wildman–Crippen MR) is 289 cm³/mol. The highest BCUT2D eigenvalue weighted by molar-refractivity contribution is 7.15. The number of para-hydroxylation sites is 1. The molecule has 19 nitrogen and oxygen atoms in total. The molecule has 0 bridgehead atoms. The number of likely N-dealkylation sites (tertiary alicyclic amines) is 1. The van der Waals surface area contributed by atoms with Crippen LogP contribution in [0.25, 0.3) is 27.3 Å². The molecule has 9 rings (SSSR count). The second kappa shape index (κ2) is 24.3. The van der Waals surface area contributed by atoms with E-state index in [0.29, 0.717) is 71.0 Å². The van der Waals surface area contributed by atoms with Gasteiger partial charge in [-0.25, -0.2) is 14.6 Å². The van der Waals surface area contributed by atoms with Crippen LogP contribution in [-0.2, 0) is 23.9 Å². The third kappa shape index (κ3) is 12.6. The number of carbonyl (C=O) groups excluding carboxylic acids is 3. The Balaban J connectivity index is 0.649. The van der Waals surface area contributed by atoms with Crippen molar-refractivity contribution in [2.45, 2.75) is 58.5 Å². The van der Waals surface area contributed by atoms with Gasteiger partial charge in [0.15, 0.2) is 11.5 Å². The lowest BCUT2D eigenvalue weighted by atomic mass is 9.99. The largest absolute Gasteiger partial charge is 0.457 e. The quantitative estimate of drug-likeness (QED) is 0.0395. The van der Waals surface area contributed by atoms with Gasteiger partial charge in [0.25, 0.3) is 0 Å². The molecule has 4 aromatic heterocycles. The summed E-state index contributed by atoms with van der Waals surface area (Å²) < 4.78 is 21.2. The van der Waals surface area contributed by atoms with Gasteiger partial charge >= 0.3 is 0 Å². The van der Waals surface area contributed by atoms with E-state index in [9.17, 15) is 14.4 Å². The van der Waals surface area contributed by atoms with Gasteiger partial charge in [-0.2, -0.15) is 5.10 Å². The Labute approximate surface area is 443 Å². The number of nitrogen functional groups attached to an aromatic ring is 1. The Morgan fingerprint density at radius 1 is 0.840 bits per heavy atom. The Hall–Kier alpha value is -7.36. The molecule has 0 aliphatic carbocycles. The predicted octanol–water partition coefficient (Wildman–Crippen LogP) is 7.04. The number of aromatic nitrogens is 7. The molecule has 1 fully saturated rings. The van der Waals surface area contributed by atoms with E-state index in [1.807, 2.05) is 95.0 Å². The van der Waals surface area contributed by atoms with Crippen LogP contribution in [0.5, 0.6) is 11.5 Å². The molecule has 6 heterocycles. The minimum Gasteiger partial charge on any atom is -0.457 e. The number of halogens is 1. The number of hydrogen-bond donors (Lipinski definition) is 4. The topological polar surface area (TPSA) is 231 Å². The fourth-order valence-electron chi connectivity index (χ4n) is 9.19. The minimum absolute atomic E-state index is 0.0245. The van der Waals surface area contributed by atoms with Crippen molar-refractivity contribution in [2.75, 3.05) is 71.4 Å². The number of nitrogens with one attached hydrogen (secondary N) is 3. The Kier molecular flexibility index (Phi) is 17.0. The normalized spacial score (nSPS) is 15.4. The van der Waals surface area contributed by atoms with Gasteiger partial charge in [0.05, 0.1) is 50.0 Å². The maximum absolute atomic E-state index is 13.3. The van der Waals surface area contributed by atoms with Crippen molar-refractivity contribution in [2.24, 2.45) is 4.99 Å². The number of piperidine rings is 1. The van der Waals surface area contributed by atoms with Crippen molar-refractivity contribution in [1.29, 1.82) is 0 Å². The highest BCUT2D eigenvalue weighted by Crippen LogP contribution is 2.40. The lowest BCUT2D eigenvalue weighted by Crippen LogP contribution is -2.41. The van der Waals surface area contributed by atoms with E-state index in [2.05, 4.69) is 61.4 Å². The molecule has 390 valence electrons. The van der Waals surface area contributed by atoms with Gasteiger partial charge in [0.2, 0.25) is 17.7 Å². The van der Waals surface area contributed by atoms with Crippen LogP contribution in [0.1, 0.15) is 71.0 Å². The van der Waals surface area contributed by atoms with Crippen LogP contribution in [0.15, 0.2) is 102 Å². The Morgan fingerprint density at radius 3 is 2.35 bits per heavy atom. The molecule has 0 radical (unpaired) electrons. The minimum atomic E-state index is -0.574. The maximum Gasteiger partial charge on any atom is 0.247 e. The third-order valence-electron chi connectivity index (χ3n) is 13.1. The Morgan fingerprint density at radius 2 is 1.56 bits per heavy atom. The first-order chi connectivity index (χ1) is 36.4. The van der Waals surface area contributed by atoms with E-state index in [4.69, 9.17) is 41.6 Å². The molecule has 0 saturated carbocycles. The van der Waals surface area contributed by atoms with Gasteiger partial charge < -0.3 is 35.9 Å². The van der Waals surface area contributed by atoms with E-state index < -0.39 is 6.04 Å². The van der Waals surface area contributed by atoms with Crippen molar-refractivity contribution in [1.82, 2.24) is 55.4 Å². The first kappa shape index (κ1) is 52.5. The van der Waals surface area contributed by atoms with Crippen molar-refractivity contribution < 1.29 is 28.6 Å². The van der Waals surface area contributed by atoms with Gasteiger partial charge in [-0.1, -0.05) is 48.5 Å². The summed E-state index contributed by atoms with van der Waals surface area (Å²) in [6.45, 7) is 13.8. The number of hydrogen-bond acceptors (Lipinski definition) is 15. The number of aliphatic imine (C=N–C) groups is 1. The van der Waals surface area contributed by atoms with Gasteiger partial charge in [0.1, 0.15) is 46.2 Å². The highest BCUT2D eigenvalue weighted by Gasteiger charge is 2.33. The first-order valence-electron chi connectivity index (χ1n) is 25.0. The molecular weight excluding hydrogens is 994 g/mol. The zero-order valence-corrected chi connectivity index (χ0v) is 43.8. The average Bonchev–Trinajstić information content (AvgIpc) is 4.06. The molecule has 7 aromatic rings. The van der Waals surface area contributed by atoms with E-state index in [1.165, 1.54) is 11.2 Å². The zero-order chi connectivity index (χ0) is 52.4. The number of amides is 3. The van der Waals surface area contributed by atoms with Crippen LogP contribution in [-0.4, -0.2) is 129 Å². The van der Waals surface area contributed by atoms with Crippen LogP contribution < -0.4 is 26.4 Å². The molecule has 2 atom stereocenters. The number of carbonyl (C=O) groups is 3. The van der Waals surface area contributed by atoms with E-state index >= 15 is 0 Å². The van der Waals surface area contributed by atoms with Crippen LogP contribution in [0.3, 0.4) is 0 Å². The standard InChI is InChI=1S/C54H60ClN13O6S/c1-33(30-66-24-8-9-40(31-66)68-52-47(50(56)60-32-61-52)49(65-68)38-14-18-42(19-15-38)74-41-10-6-5-7-11-41)53(71)59-22-21-57-44(69)20-25-72-27-28-73-26-23-58-45(70)29-43-51-64-63-36(4)67(51)54-46(34(2)35(3)75-54)48(62-43)37-12-16-39(55)17-13-37/h5-7,10-19,32,40,43H,1,8-9,20-31H2,2-4H3,(H,57,69)(H,58,70)(H,59,71)(H2,56,60,61)/t40-,43-/m1/s1. The van der Waals surface area contributed by atoms with Gasteiger partial charge in [-0.15, -0.1) is 21.5 Å². The monoisotopic (exact) mass is 1050 g/mol. The number of benzene rings is 3. The van der Waals surface area contributed by atoms with Crippen LogP contribution in [0, 0.1) is 20.8 Å². The average molecular weight is 1050 g/mol.